The number of hydrogen-bond acceptors (Lipinski definition) is 4. The Labute approximate surface area is 102 Å². The normalized spacial score (nSPS) is 17.5. The molecule has 2 N–H and O–H groups in total. The molecule has 0 aromatic carbocycles. The molecule has 0 spiro atoms. The third-order valence-corrected chi connectivity index (χ3v) is 3.55. The number of piperidine rings is 1. The second-order valence-electron chi connectivity index (χ2n) is 4.69. The Kier molecular flexibility index (Phi) is 3.97. The Morgan fingerprint density at radius 1 is 1.29 bits per heavy atom. The molecule has 0 atom stereocenters. The molecular formula is C13H20N2O2. The predicted molar refractivity (Wildman–Crippen MR) is 66.9 cm³/mol. The van der Waals surface area contributed by atoms with Gasteiger partial charge in [0.05, 0.1) is 6.61 Å². The van der Waals surface area contributed by atoms with Gasteiger partial charge >= 0.3 is 0 Å². The number of hydrogen-bond donors (Lipinski definition) is 2. The van der Waals surface area contributed by atoms with Crippen molar-refractivity contribution < 1.29 is 10.2 Å². The third-order valence-electron chi connectivity index (χ3n) is 3.55. The van der Waals surface area contributed by atoms with Crippen molar-refractivity contribution in [1.29, 1.82) is 0 Å². The maximum Gasteiger partial charge on any atom is 0.128 e. The van der Waals surface area contributed by atoms with Gasteiger partial charge in [0.2, 0.25) is 0 Å². The Hall–Kier alpha value is -1.13. The van der Waals surface area contributed by atoms with Crippen LogP contribution in [0.15, 0.2) is 12.1 Å². The molecule has 94 valence electrons. The molecule has 1 aliphatic rings. The van der Waals surface area contributed by atoms with E-state index in [4.69, 9.17) is 10.2 Å². The average molecular weight is 236 g/mol. The molecule has 17 heavy (non-hydrogen) atoms. The molecule has 0 aliphatic carbocycles. The van der Waals surface area contributed by atoms with Crippen LogP contribution >= 0.6 is 0 Å². The van der Waals surface area contributed by atoms with Gasteiger partial charge in [-0.3, -0.25) is 0 Å². The molecule has 0 radical (unpaired) electrons. The van der Waals surface area contributed by atoms with Crippen molar-refractivity contribution in [2.45, 2.75) is 26.4 Å². The molecular weight excluding hydrogens is 216 g/mol. The van der Waals surface area contributed by atoms with E-state index in [0.717, 1.165) is 43.0 Å². The summed E-state index contributed by atoms with van der Waals surface area (Å²) in [4.78, 5) is 6.77. The zero-order chi connectivity index (χ0) is 12.3. The lowest BCUT2D eigenvalue weighted by Gasteiger charge is -2.32. The van der Waals surface area contributed by atoms with Crippen molar-refractivity contribution in [1.82, 2.24) is 4.98 Å². The SMILES string of the molecule is Cc1nc(N2CCC(CO)CC2)ccc1CO. The third kappa shape index (κ3) is 2.76. The number of anilines is 1. The monoisotopic (exact) mass is 236 g/mol. The minimum atomic E-state index is 0.0473. The van der Waals surface area contributed by atoms with Crippen LogP contribution in [0.3, 0.4) is 0 Å². The van der Waals surface area contributed by atoms with Crippen LogP contribution < -0.4 is 4.90 Å². The Balaban J connectivity index is 2.06. The van der Waals surface area contributed by atoms with E-state index in [1.165, 1.54) is 0 Å². The molecule has 4 heteroatoms. The van der Waals surface area contributed by atoms with E-state index in [0.29, 0.717) is 12.5 Å². The van der Waals surface area contributed by atoms with Crippen LogP contribution in [0.2, 0.25) is 0 Å². The van der Waals surface area contributed by atoms with Crippen LogP contribution in [-0.4, -0.2) is 34.9 Å². The maximum absolute atomic E-state index is 9.10. The molecule has 1 aliphatic heterocycles. The van der Waals surface area contributed by atoms with Gasteiger partial charge in [-0.1, -0.05) is 6.07 Å². The first kappa shape index (κ1) is 12.3. The van der Waals surface area contributed by atoms with Gasteiger partial charge in [-0.05, 0) is 37.3 Å². The summed E-state index contributed by atoms with van der Waals surface area (Å²) >= 11 is 0. The van der Waals surface area contributed by atoms with Crippen molar-refractivity contribution >= 4 is 5.82 Å². The van der Waals surface area contributed by atoms with Gasteiger partial charge < -0.3 is 15.1 Å². The van der Waals surface area contributed by atoms with E-state index in [-0.39, 0.29) is 6.61 Å². The quantitative estimate of drug-likeness (QED) is 0.825. The highest BCUT2D eigenvalue weighted by atomic mass is 16.3. The fourth-order valence-electron chi connectivity index (χ4n) is 2.26. The van der Waals surface area contributed by atoms with Crippen molar-refractivity contribution in [2.24, 2.45) is 5.92 Å². The summed E-state index contributed by atoms with van der Waals surface area (Å²) in [5, 5.41) is 18.2. The lowest BCUT2D eigenvalue weighted by atomic mass is 9.98. The van der Waals surface area contributed by atoms with E-state index in [2.05, 4.69) is 9.88 Å². The first-order valence-corrected chi connectivity index (χ1v) is 6.17. The zero-order valence-corrected chi connectivity index (χ0v) is 10.3. The van der Waals surface area contributed by atoms with E-state index in [1.54, 1.807) is 0 Å². The van der Waals surface area contributed by atoms with E-state index >= 15 is 0 Å². The van der Waals surface area contributed by atoms with Crippen molar-refractivity contribution in [3.8, 4) is 0 Å². The molecule has 1 saturated heterocycles. The average Bonchev–Trinajstić information content (AvgIpc) is 2.39. The summed E-state index contributed by atoms with van der Waals surface area (Å²) in [6, 6.07) is 3.91. The van der Waals surface area contributed by atoms with Crippen LogP contribution in [-0.2, 0) is 6.61 Å². The van der Waals surface area contributed by atoms with E-state index in [9.17, 15) is 0 Å². The molecule has 2 heterocycles. The van der Waals surface area contributed by atoms with Crippen molar-refractivity contribution in [3.05, 3.63) is 23.4 Å². The van der Waals surface area contributed by atoms with Crippen LogP contribution in [0.25, 0.3) is 0 Å². The number of aliphatic hydroxyl groups is 2. The molecule has 4 nitrogen and oxygen atoms in total. The summed E-state index contributed by atoms with van der Waals surface area (Å²) in [7, 11) is 0. The molecule has 1 aromatic rings. The molecule has 1 aromatic heterocycles. The zero-order valence-electron chi connectivity index (χ0n) is 10.3. The van der Waals surface area contributed by atoms with E-state index < -0.39 is 0 Å². The summed E-state index contributed by atoms with van der Waals surface area (Å²) in [6.45, 7) is 4.18. The molecule has 0 unspecified atom stereocenters. The standard InChI is InChI=1S/C13H20N2O2/c1-10-12(9-17)2-3-13(14-10)15-6-4-11(8-16)5-7-15/h2-3,11,16-17H,4-9H2,1H3. The molecule has 2 rings (SSSR count). The number of rotatable bonds is 3. The molecule has 0 bridgehead atoms. The molecule has 0 amide bonds. The Morgan fingerprint density at radius 3 is 2.53 bits per heavy atom. The summed E-state index contributed by atoms with van der Waals surface area (Å²) < 4.78 is 0. The number of nitrogens with zero attached hydrogens (tertiary/aromatic N) is 2. The van der Waals surface area contributed by atoms with Gasteiger partial charge in [-0.15, -0.1) is 0 Å². The Bertz CT molecular complexity index is 374. The smallest absolute Gasteiger partial charge is 0.128 e. The minimum Gasteiger partial charge on any atom is -0.396 e. The van der Waals surface area contributed by atoms with Gasteiger partial charge in [0.15, 0.2) is 0 Å². The van der Waals surface area contributed by atoms with Gasteiger partial charge in [-0.2, -0.15) is 0 Å². The number of pyridine rings is 1. The summed E-state index contributed by atoms with van der Waals surface area (Å²) in [5.41, 5.74) is 1.79. The van der Waals surface area contributed by atoms with Crippen molar-refractivity contribution in [2.75, 3.05) is 24.6 Å². The largest absolute Gasteiger partial charge is 0.396 e. The van der Waals surface area contributed by atoms with Crippen molar-refractivity contribution in [3.63, 3.8) is 0 Å². The highest BCUT2D eigenvalue weighted by Crippen LogP contribution is 2.22. The lowest BCUT2D eigenvalue weighted by molar-refractivity contribution is 0.202. The number of aryl methyl sites for hydroxylation is 1. The topological polar surface area (TPSA) is 56.6 Å². The number of aromatic nitrogens is 1. The van der Waals surface area contributed by atoms with E-state index in [1.807, 2.05) is 19.1 Å². The first-order chi connectivity index (χ1) is 8.24. The Morgan fingerprint density at radius 2 is 2.00 bits per heavy atom. The predicted octanol–water partition coefficient (Wildman–Crippen LogP) is 1.09. The highest BCUT2D eigenvalue weighted by Gasteiger charge is 2.19. The highest BCUT2D eigenvalue weighted by molar-refractivity contribution is 5.41. The lowest BCUT2D eigenvalue weighted by Crippen LogP contribution is -2.35. The summed E-state index contributed by atoms with van der Waals surface area (Å²) in [6.07, 6.45) is 2.05. The molecule has 0 saturated carbocycles. The van der Waals surface area contributed by atoms with Crippen LogP contribution in [0.5, 0.6) is 0 Å². The van der Waals surface area contributed by atoms with Gasteiger partial charge in [0.1, 0.15) is 5.82 Å². The maximum atomic E-state index is 9.10. The van der Waals surface area contributed by atoms with Crippen LogP contribution in [0.4, 0.5) is 5.82 Å². The first-order valence-electron chi connectivity index (χ1n) is 6.17. The van der Waals surface area contributed by atoms with Crippen LogP contribution in [0, 0.1) is 12.8 Å². The number of aliphatic hydroxyl groups excluding tert-OH is 2. The second-order valence-corrected chi connectivity index (χ2v) is 4.69. The summed E-state index contributed by atoms with van der Waals surface area (Å²) in [5.74, 6) is 1.43. The van der Waals surface area contributed by atoms with Gasteiger partial charge in [0.25, 0.3) is 0 Å². The molecule has 1 fully saturated rings. The van der Waals surface area contributed by atoms with Crippen LogP contribution in [0.1, 0.15) is 24.1 Å². The minimum absolute atomic E-state index is 0.0473. The fraction of sp³-hybridized carbons (Fsp3) is 0.615. The second kappa shape index (κ2) is 5.47. The van der Waals surface area contributed by atoms with Gasteiger partial charge in [-0.25, -0.2) is 4.98 Å². The fourth-order valence-corrected chi connectivity index (χ4v) is 2.26. The van der Waals surface area contributed by atoms with Gasteiger partial charge in [0, 0.05) is 25.4 Å².